The monoisotopic (exact) mass is 163 g/mol. The highest BCUT2D eigenvalue weighted by molar-refractivity contribution is 5.44. The molecule has 2 heteroatoms. The lowest BCUT2D eigenvalue weighted by Gasteiger charge is -2.06. The SMILES string of the molecule is Cc1cc2c(cc1O)CCC2N. The first-order chi connectivity index (χ1) is 5.68. The molecular formula is C10H13NO. The van der Waals surface area contributed by atoms with Crippen LogP contribution in [-0.2, 0) is 6.42 Å². The number of hydrogen-bond acceptors (Lipinski definition) is 2. The van der Waals surface area contributed by atoms with E-state index in [9.17, 15) is 5.11 Å². The van der Waals surface area contributed by atoms with Crippen molar-refractivity contribution in [2.45, 2.75) is 25.8 Å². The minimum atomic E-state index is 0.180. The van der Waals surface area contributed by atoms with Gasteiger partial charge in [-0.2, -0.15) is 0 Å². The number of aromatic hydroxyl groups is 1. The van der Waals surface area contributed by atoms with Gasteiger partial charge in [0.25, 0.3) is 0 Å². The van der Waals surface area contributed by atoms with Crippen molar-refractivity contribution in [3.8, 4) is 5.75 Å². The zero-order chi connectivity index (χ0) is 8.72. The van der Waals surface area contributed by atoms with E-state index in [4.69, 9.17) is 5.73 Å². The number of benzene rings is 1. The van der Waals surface area contributed by atoms with Crippen LogP contribution >= 0.6 is 0 Å². The molecule has 1 aliphatic rings. The Bertz CT molecular complexity index is 320. The molecule has 0 saturated carbocycles. The first-order valence-corrected chi connectivity index (χ1v) is 4.26. The third kappa shape index (κ3) is 0.994. The summed E-state index contributed by atoms with van der Waals surface area (Å²) in [6.07, 6.45) is 2.02. The Hall–Kier alpha value is -1.02. The number of phenolic OH excluding ortho intramolecular Hbond substituents is 1. The Morgan fingerprint density at radius 3 is 3.00 bits per heavy atom. The van der Waals surface area contributed by atoms with Crippen molar-refractivity contribution in [1.29, 1.82) is 0 Å². The number of phenols is 1. The maximum Gasteiger partial charge on any atom is 0.118 e. The summed E-state index contributed by atoms with van der Waals surface area (Å²) in [6, 6.07) is 4.03. The number of nitrogens with two attached hydrogens (primary N) is 1. The van der Waals surface area contributed by atoms with Gasteiger partial charge in [0.15, 0.2) is 0 Å². The van der Waals surface area contributed by atoms with Crippen LogP contribution in [0.2, 0.25) is 0 Å². The van der Waals surface area contributed by atoms with Crippen molar-refractivity contribution >= 4 is 0 Å². The fourth-order valence-electron chi connectivity index (χ4n) is 1.79. The molecule has 1 aromatic rings. The van der Waals surface area contributed by atoms with Crippen LogP contribution in [0.3, 0.4) is 0 Å². The molecule has 1 aromatic carbocycles. The zero-order valence-corrected chi connectivity index (χ0v) is 7.17. The van der Waals surface area contributed by atoms with Gasteiger partial charge >= 0.3 is 0 Å². The van der Waals surface area contributed by atoms with Crippen molar-refractivity contribution < 1.29 is 5.11 Å². The molecule has 0 bridgehead atoms. The molecular weight excluding hydrogens is 150 g/mol. The predicted octanol–water partition coefficient (Wildman–Crippen LogP) is 1.65. The summed E-state index contributed by atoms with van der Waals surface area (Å²) in [4.78, 5) is 0. The highest BCUT2D eigenvalue weighted by Gasteiger charge is 2.19. The maximum absolute atomic E-state index is 9.43. The van der Waals surface area contributed by atoms with Gasteiger partial charge in [0.05, 0.1) is 0 Å². The van der Waals surface area contributed by atoms with E-state index >= 15 is 0 Å². The first-order valence-electron chi connectivity index (χ1n) is 4.26. The van der Waals surface area contributed by atoms with Gasteiger partial charge in [-0.1, -0.05) is 6.07 Å². The minimum Gasteiger partial charge on any atom is -0.508 e. The van der Waals surface area contributed by atoms with E-state index in [0.717, 1.165) is 18.4 Å². The van der Waals surface area contributed by atoms with E-state index in [1.165, 1.54) is 11.1 Å². The number of hydrogen-bond donors (Lipinski definition) is 2. The molecule has 1 atom stereocenters. The molecule has 0 aromatic heterocycles. The average molecular weight is 163 g/mol. The standard InChI is InChI=1S/C10H13NO/c1-6-4-8-7(5-10(6)12)2-3-9(8)11/h4-5,9,12H,2-3,11H2,1H3. The van der Waals surface area contributed by atoms with Crippen molar-refractivity contribution in [2.24, 2.45) is 5.73 Å². The van der Waals surface area contributed by atoms with Crippen LogP contribution in [0, 0.1) is 6.92 Å². The normalized spacial score (nSPS) is 21.0. The number of fused-ring (bicyclic) bond motifs is 1. The van der Waals surface area contributed by atoms with Gasteiger partial charge in [-0.05, 0) is 42.5 Å². The van der Waals surface area contributed by atoms with Gasteiger partial charge in [0.2, 0.25) is 0 Å². The van der Waals surface area contributed by atoms with E-state index in [0.29, 0.717) is 5.75 Å². The van der Waals surface area contributed by atoms with Gasteiger partial charge in [0.1, 0.15) is 5.75 Å². The average Bonchev–Trinajstić information content (AvgIpc) is 2.35. The van der Waals surface area contributed by atoms with Gasteiger partial charge in [-0.3, -0.25) is 0 Å². The molecule has 0 aliphatic heterocycles. The minimum absolute atomic E-state index is 0.180. The third-order valence-electron chi connectivity index (χ3n) is 2.58. The van der Waals surface area contributed by atoms with Crippen molar-refractivity contribution in [2.75, 3.05) is 0 Å². The van der Waals surface area contributed by atoms with E-state index in [1.807, 2.05) is 19.1 Å². The Labute approximate surface area is 72.0 Å². The third-order valence-corrected chi connectivity index (χ3v) is 2.58. The van der Waals surface area contributed by atoms with Gasteiger partial charge < -0.3 is 10.8 Å². The molecule has 2 rings (SSSR count). The quantitative estimate of drug-likeness (QED) is 0.610. The van der Waals surface area contributed by atoms with E-state index in [1.54, 1.807) is 0 Å². The zero-order valence-electron chi connectivity index (χ0n) is 7.17. The largest absolute Gasteiger partial charge is 0.508 e. The predicted molar refractivity (Wildman–Crippen MR) is 48.1 cm³/mol. The molecule has 1 unspecified atom stereocenters. The topological polar surface area (TPSA) is 46.2 Å². The van der Waals surface area contributed by atoms with E-state index in [-0.39, 0.29) is 6.04 Å². The van der Waals surface area contributed by atoms with Crippen LogP contribution < -0.4 is 5.73 Å². The fraction of sp³-hybridized carbons (Fsp3) is 0.400. The van der Waals surface area contributed by atoms with Gasteiger partial charge in [-0.25, -0.2) is 0 Å². The second kappa shape index (κ2) is 2.49. The summed E-state index contributed by atoms with van der Waals surface area (Å²) in [7, 11) is 0. The smallest absolute Gasteiger partial charge is 0.118 e. The van der Waals surface area contributed by atoms with Gasteiger partial charge in [0, 0.05) is 6.04 Å². The fourth-order valence-corrected chi connectivity index (χ4v) is 1.79. The summed E-state index contributed by atoms with van der Waals surface area (Å²) < 4.78 is 0. The first kappa shape index (κ1) is 7.62. The molecule has 0 radical (unpaired) electrons. The molecule has 12 heavy (non-hydrogen) atoms. The Kier molecular flexibility index (Phi) is 1.58. The molecule has 3 N–H and O–H groups in total. The Morgan fingerprint density at radius 2 is 2.25 bits per heavy atom. The molecule has 0 spiro atoms. The van der Waals surface area contributed by atoms with Crippen molar-refractivity contribution in [1.82, 2.24) is 0 Å². The lowest BCUT2D eigenvalue weighted by molar-refractivity contribution is 0.470. The van der Waals surface area contributed by atoms with Gasteiger partial charge in [-0.15, -0.1) is 0 Å². The van der Waals surface area contributed by atoms with E-state index < -0.39 is 0 Å². The number of aryl methyl sites for hydroxylation is 2. The molecule has 0 heterocycles. The maximum atomic E-state index is 9.43. The van der Waals surface area contributed by atoms with Crippen LogP contribution in [-0.4, -0.2) is 5.11 Å². The van der Waals surface area contributed by atoms with Crippen molar-refractivity contribution in [3.63, 3.8) is 0 Å². The summed E-state index contributed by atoms with van der Waals surface area (Å²) in [5.74, 6) is 0.392. The van der Waals surface area contributed by atoms with Crippen LogP contribution in [0.1, 0.15) is 29.2 Å². The highest BCUT2D eigenvalue weighted by atomic mass is 16.3. The summed E-state index contributed by atoms with van der Waals surface area (Å²) >= 11 is 0. The van der Waals surface area contributed by atoms with E-state index in [2.05, 4.69) is 0 Å². The Morgan fingerprint density at radius 1 is 1.50 bits per heavy atom. The lowest BCUT2D eigenvalue weighted by Crippen LogP contribution is -2.05. The highest BCUT2D eigenvalue weighted by Crippen LogP contribution is 2.33. The molecule has 2 nitrogen and oxygen atoms in total. The molecule has 0 amide bonds. The molecule has 0 saturated heterocycles. The Balaban J connectivity index is 2.56. The number of rotatable bonds is 0. The van der Waals surface area contributed by atoms with Crippen molar-refractivity contribution in [3.05, 3.63) is 28.8 Å². The van der Waals surface area contributed by atoms with Crippen LogP contribution in [0.25, 0.3) is 0 Å². The van der Waals surface area contributed by atoms with Crippen LogP contribution in [0.4, 0.5) is 0 Å². The van der Waals surface area contributed by atoms with Crippen LogP contribution in [0.15, 0.2) is 12.1 Å². The van der Waals surface area contributed by atoms with Crippen LogP contribution in [0.5, 0.6) is 5.75 Å². The summed E-state index contributed by atoms with van der Waals surface area (Å²) in [6.45, 7) is 1.90. The summed E-state index contributed by atoms with van der Waals surface area (Å²) in [5.41, 5.74) is 9.23. The molecule has 1 aliphatic carbocycles. The summed E-state index contributed by atoms with van der Waals surface area (Å²) in [5, 5.41) is 9.43. The lowest BCUT2D eigenvalue weighted by atomic mass is 10.0. The second-order valence-corrected chi connectivity index (χ2v) is 3.48. The molecule has 0 fully saturated rings. The second-order valence-electron chi connectivity index (χ2n) is 3.48. The molecule has 64 valence electrons.